The zero-order chi connectivity index (χ0) is 15.9. The van der Waals surface area contributed by atoms with Gasteiger partial charge in [0.25, 0.3) is 5.91 Å². The molecule has 1 aromatic carbocycles. The van der Waals surface area contributed by atoms with E-state index in [4.69, 9.17) is 4.74 Å². The Hall–Kier alpha value is -1.39. The molecule has 1 unspecified atom stereocenters. The highest BCUT2D eigenvalue weighted by molar-refractivity contribution is 5.81. The lowest BCUT2D eigenvalue weighted by molar-refractivity contribution is -0.151. The predicted molar refractivity (Wildman–Crippen MR) is 90.8 cm³/mol. The van der Waals surface area contributed by atoms with E-state index in [9.17, 15) is 4.79 Å². The summed E-state index contributed by atoms with van der Waals surface area (Å²) in [4.78, 5) is 14.5. The summed E-state index contributed by atoms with van der Waals surface area (Å²) in [5.74, 6) is 0.867. The van der Waals surface area contributed by atoms with Crippen molar-refractivity contribution >= 4 is 5.91 Å². The molecule has 3 rings (SSSR count). The fraction of sp³-hybridized carbons (Fsp3) is 0.632. The van der Waals surface area contributed by atoms with Gasteiger partial charge in [-0.1, -0.05) is 62.4 Å². The molecule has 0 bridgehead atoms. The van der Waals surface area contributed by atoms with Gasteiger partial charge in [0.1, 0.15) is 0 Å². The zero-order valence-electron chi connectivity index (χ0n) is 13.9. The van der Waals surface area contributed by atoms with Crippen molar-refractivity contribution in [2.75, 3.05) is 19.7 Å². The van der Waals surface area contributed by atoms with Gasteiger partial charge in [-0.25, -0.2) is 0 Å². The summed E-state index contributed by atoms with van der Waals surface area (Å²) in [7, 11) is 0. The Morgan fingerprint density at radius 1 is 1.13 bits per heavy atom. The smallest absolute Gasteiger partial charge is 0.267 e. The molecule has 1 amide bonds. The van der Waals surface area contributed by atoms with E-state index >= 15 is 0 Å². The number of nitrogens with zero attached hydrogens (tertiary/aromatic N) is 1. The summed E-state index contributed by atoms with van der Waals surface area (Å²) in [5.41, 5.74) is 1.17. The molecule has 1 atom stereocenters. The van der Waals surface area contributed by atoms with E-state index in [1.54, 1.807) is 0 Å². The van der Waals surface area contributed by atoms with Crippen LogP contribution in [0.3, 0.4) is 0 Å². The number of nitrogens with one attached hydrogen (secondary N) is 1. The van der Waals surface area contributed by atoms with E-state index < -0.39 is 6.23 Å². The molecule has 1 N–H and O–H groups in total. The van der Waals surface area contributed by atoms with Crippen LogP contribution in [0.1, 0.15) is 44.1 Å². The van der Waals surface area contributed by atoms with Gasteiger partial charge in [-0.15, -0.1) is 0 Å². The lowest BCUT2D eigenvalue weighted by Gasteiger charge is -2.33. The largest absolute Gasteiger partial charge is 0.354 e. The molecule has 126 valence electrons. The van der Waals surface area contributed by atoms with Gasteiger partial charge in [0.05, 0.1) is 0 Å². The number of hydrogen-bond donors (Lipinski definition) is 1. The van der Waals surface area contributed by atoms with Gasteiger partial charge in [-0.2, -0.15) is 0 Å². The van der Waals surface area contributed by atoms with Crippen LogP contribution in [-0.2, 0) is 16.1 Å². The normalized spacial score (nSPS) is 23.2. The minimum atomic E-state index is -0.462. The molecule has 1 saturated carbocycles. The number of ether oxygens (including phenoxy) is 1. The number of amides is 1. The Morgan fingerprint density at radius 3 is 2.70 bits per heavy atom. The lowest BCUT2D eigenvalue weighted by atomic mass is 9.87. The summed E-state index contributed by atoms with van der Waals surface area (Å²) in [6, 6.07) is 10.2. The topological polar surface area (TPSA) is 41.6 Å². The average Bonchev–Trinajstić information content (AvgIpc) is 2.60. The van der Waals surface area contributed by atoms with E-state index in [0.29, 0.717) is 13.2 Å². The monoisotopic (exact) mass is 316 g/mol. The molecule has 1 aliphatic carbocycles. The van der Waals surface area contributed by atoms with E-state index in [-0.39, 0.29) is 5.91 Å². The highest BCUT2D eigenvalue weighted by Gasteiger charge is 2.29. The standard InChI is InChI=1S/C19H28N2O2/c22-19-18(23-14-11-16-7-3-1-4-8-16)20-12-13-21(19)15-17-9-5-2-6-10-17/h2,5-6,9-10,16,18,20H,1,3-4,7-8,11-15H2. The molecule has 2 aliphatic rings. The van der Waals surface area contributed by atoms with Crippen molar-refractivity contribution in [3.63, 3.8) is 0 Å². The SMILES string of the molecule is O=C1C(OCCC2CCCCC2)NCCN1Cc1ccccc1. The maximum absolute atomic E-state index is 12.6. The van der Waals surface area contributed by atoms with Crippen LogP contribution in [0, 0.1) is 5.92 Å². The minimum Gasteiger partial charge on any atom is -0.354 e. The maximum Gasteiger partial charge on any atom is 0.267 e. The number of rotatable bonds is 6. The Kier molecular flexibility index (Phi) is 6.06. The summed E-state index contributed by atoms with van der Waals surface area (Å²) in [5, 5.41) is 3.21. The quantitative estimate of drug-likeness (QED) is 0.877. The van der Waals surface area contributed by atoms with Crippen molar-refractivity contribution in [2.24, 2.45) is 5.92 Å². The molecule has 1 saturated heterocycles. The van der Waals surface area contributed by atoms with Crippen LogP contribution in [0.15, 0.2) is 30.3 Å². The molecule has 4 nitrogen and oxygen atoms in total. The third kappa shape index (κ3) is 4.79. The van der Waals surface area contributed by atoms with Crippen molar-refractivity contribution in [1.82, 2.24) is 10.2 Å². The molecule has 4 heteroatoms. The first-order valence-corrected chi connectivity index (χ1v) is 9.00. The molecular formula is C19H28N2O2. The van der Waals surface area contributed by atoms with E-state index in [1.165, 1.54) is 37.7 Å². The molecule has 0 spiro atoms. The number of benzene rings is 1. The lowest BCUT2D eigenvalue weighted by Crippen LogP contribution is -2.55. The van der Waals surface area contributed by atoms with Crippen LogP contribution in [0.5, 0.6) is 0 Å². The molecule has 1 heterocycles. The minimum absolute atomic E-state index is 0.0729. The molecule has 2 fully saturated rings. The fourth-order valence-corrected chi connectivity index (χ4v) is 3.61. The second kappa shape index (κ2) is 8.46. The van der Waals surface area contributed by atoms with E-state index in [1.807, 2.05) is 23.1 Å². The van der Waals surface area contributed by atoms with Crippen LogP contribution in [0.25, 0.3) is 0 Å². The van der Waals surface area contributed by atoms with Crippen LogP contribution >= 0.6 is 0 Å². The van der Waals surface area contributed by atoms with E-state index in [2.05, 4.69) is 17.4 Å². The van der Waals surface area contributed by atoms with Crippen molar-refractivity contribution in [3.8, 4) is 0 Å². The second-order valence-electron chi connectivity index (χ2n) is 6.74. The van der Waals surface area contributed by atoms with Crippen LogP contribution in [-0.4, -0.2) is 36.7 Å². The summed E-state index contributed by atoms with van der Waals surface area (Å²) in [6.07, 6.45) is 7.38. The molecular weight excluding hydrogens is 288 g/mol. The first-order valence-electron chi connectivity index (χ1n) is 9.00. The Balaban J connectivity index is 1.45. The molecule has 1 aliphatic heterocycles. The zero-order valence-corrected chi connectivity index (χ0v) is 13.9. The Morgan fingerprint density at radius 2 is 1.91 bits per heavy atom. The molecule has 0 aromatic heterocycles. The summed E-state index contributed by atoms with van der Waals surface area (Å²) >= 11 is 0. The fourth-order valence-electron chi connectivity index (χ4n) is 3.61. The van der Waals surface area contributed by atoms with Gasteiger partial charge in [0.2, 0.25) is 0 Å². The van der Waals surface area contributed by atoms with Gasteiger partial charge < -0.3 is 9.64 Å². The Labute approximate surface area is 139 Å². The van der Waals surface area contributed by atoms with Crippen molar-refractivity contribution in [3.05, 3.63) is 35.9 Å². The highest BCUT2D eigenvalue weighted by Crippen LogP contribution is 2.26. The summed E-state index contributed by atoms with van der Waals surface area (Å²) in [6.45, 7) is 2.90. The predicted octanol–water partition coefficient (Wildman–Crippen LogP) is 2.93. The highest BCUT2D eigenvalue weighted by atomic mass is 16.5. The van der Waals surface area contributed by atoms with Gasteiger partial charge in [0.15, 0.2) is 6.23 Å². The van der Waals surface area contributed by atoms with E-state index in [0.717, 1.165) is 25.4 Å². The van der Waals surface area contributed by atoms with Crippen molar-refractivity contribution in [1.29, 1.82) is 0 Å². The van der Waals surface area contributed by atoms with Gasteiger partial charge in [-0.05, 0) is 17.9 Å². The summed E-state index contributed by atoms with van der Waals surface area (Å²) < 4.78 is 5.86. The first-order chi connectivity index (χ1) is 11.3. The van der Waals surface area contributed by atoms with Crippen molar-refractivity contribution in [2.45, 2.75) is 51.3 Å². The molecule has 1 aromatic rings. The van der Waals surface area contributed by atoms with Crippen molar-refractivity contribution < 1.29 is 9.53 Å². The second-order valence-corrected chi connectivity index (χ2v) is 6.74. The van der Waals surface area contributed by atoms with Gasteiger partial charge >= 0.3 is 0 Å². The van der Waals surface area contributed by atoms with Gasteiger partial charge in [-0.3, -0.25) is 10.1 Å². The first kappa shape index (κ1) is 16.5. The Bertz CT molecular complexity index is 485. The average molecular weight is 316 g/mol. The third-order valence-electron chi connectivity index (χ3n) is 5.00. The molecule has 0 radical (unpaired) electrons. The number of carbonyl (C=O) groups is 1. The number of piperazine rings is 1. The van der Waals surface area contributed by atoms with Crippen LogP contribution in [0.4, 0.5) is 0 Å². The molecule has 23 heavy (non-hydrogen) atoms. The van der Waals surface area contributed by atoms with Gasteiger partial charge in [0, 0.05) is 26.2 Å². The third-order valence-corrected chi connectivity index (χ3v) is 5.00. The number of carbonyl (C=O) groups excluding carboxylic acids is 1. The van der Waals surface area contributed by atoms with Crippen LogP contribution < -0.4 is 5.32 Å². The maximum atomic E-state index is 12.6. The number of hydrogen-bond acceptors (Lipinski definition) is 3. The van der Waals surface area contributed by atoms with Crippen LogP contribution in [0.2, 0.25) is 0 Å².